The second kappa shape index (κ2) is 8.03. The van der Waals surface area contributed by atoms with Gasteiger partial charge in [-0.3, -0.25) is 4.79 Å². The molecule has 0 aliphatic heterocycles. The fourth-order valence-corrected chi connectivity index (χ4v) is 2.03. The summed E-state index contributed by atoms with van der Waals surface area (Å²) in [7, 11) is 0. The molecule has 2 atom stereocenters. The molecule has 0 aromatic heterocycles. The predicted molar refractivity (Wildman–Crippen MR) is 86.6 cm³/mol. The lowest BCUT2D eigenvalue weighted by atomic mass is 10.0. The number of amides is 1. The van der Waals surface area contributed by atoms with Gasteiger partial charge >= 0.3 is 0 Å². The molecule has 1 amide bonds. The minimum Gasteiger partial charge on any atom is -0.481 e. The van der Waals surface area contributed by atoms with Crippen LogP contribution in [0.3, 0.4) is 0 Å². The average Bonchev–Trinajstić information content (AvgIpc) is 2.37. The number of rotatable bonds is 7. The molecule has 0 spiro atoms. The Morgan fingerprint density at radius 2 is 1.95 bits per heavy atom. The second-order valence-electron chi connectivity index (χ2n) is 6.01. The number of hydrogen-bond donors (Lipinski definition) is 2. The van der Waals surface area contributed by atoms with Crippen molar-refractivity contribution in [2.75, 3.05) is 6.54 Å². The highest BCUT2D eigenvalue weighted by molar-refractivity contribution is 5.80. The highest BCUT2D eigenvalue weighted by atomic mass is 16.5. The highest BCUT2D eigenvalue weighted by Crippen LogP contribution is 2.28. The van der Waals surface area contributed by atoms with Crippen molar-refractivity contribution in [3.63, 3.8) is 0 Å². The minimum absolute atomic E-state index is 0.0887. The summed E-state index contributed by atoms with van der Waals surface area (Å²) in [4.78, 5) is 12.0. The Kier molecular flexibility index (Phi) is 6.69. The van der Waals surface area contributed by atoms with Crippen LogP contribution in [-0.2, 0) is 4.79 Å². The van der Waals surface area contributed by atoms with Crippen molar-refractivity contribution in [2.45, 2.75) is 59.1 Å². The minimum atomic E-state index is -0.516. The molecule has 3 N–H and O–H groups in total. The predicted octanol–water partition coefficient (Wildman–Crippen LogP) is 2.74. The maximum Gasteiger partial charge on any atom is 0.260 e. The van der Waals surface area contributed by atoms with Crippen molar-refractivity contribution in [2.24, 2.45) is 5.73 Å². The van der Waals surface area contributed by atoms with Gasteiger partial charge in [-0.05, 0) is 50.3 Å². The van der Waals surface area contributed by atoms with E-state index in [1.807, 2.05) is 19.9 Å². The Bertz CT molecular complexity index is 470. The lowest BCUT2D eigenvalue weighted by Crippen LogP contribution is -2.38. The first kappa shape index (κ1) is 17.5. The molecule has 2 unspecified atom stereocenters. The van der Waals surface area contributed by atoms with Gasteiger partial charge in [-0.1, -0.05) is 26.0 Å². The molecule has 4 heteroatoms. The molecule has 0 aliphatic carbocycles. The summed E-state index contributed by atoms with van der Waals surface area (Å²) >= 11 is 0. The standard InChI is InChI=1S/C17H28N2O2/c1-11(2)15-7-6-12(3)10-16(15)21-14(5)17(20)19-9-8-13(4)18/h6-7,10-11,13-14H,8-9,18H2,1-5H3,(H,19,20). The lowest BCUT2D eigenvalue weighted by molar-refractivity contribution is -0.127. The van der Waals surface area contributed by atoms with E-state index >= 15 is 0 Å². The molecule has 0 radical (unpaired) electrons. The van der Waals surface area contributed by atoms with Gasteiger partial charge in [-0.15, -0.1) is 0 Å². The van der Waals surface area contributed by atoms with Crippen LogP contribution in [0.2, 0.25) is 0 Å². The second-order valence-corrected chi connectivity index (χ2v) is 6.01. The summed E-state index contributed by atoms with van der Waals surface area (Å²) in [5, 5.41) is 2.85. The van der Waals surface area contributed by atoms with Crippen molar-refractivity contribution in [1.29, 1.82) is 0 Å². The smallest absolute Gasteiger partial charge is 0.260 e. The van der Waals surface area contributed by atoms with Gasteiger partial charge in [0, 0.05) is 12.6 Å². The molecule has 0 saturated heterocycles. The van der Waals surface area contributed by atoms with Gasteiger partial charge in [0.25, 0.3) is 5.91 Å². The van der Waals surface area contributed by atoms with Crippen LogP contribution in [0, 0.1) is 6.92 Å². The number of carbonyl (C=O) groups excluding carboxylic acids is 1. The summed E-state index contributed by atoms with van der Waals surface area (Å²) in [6.07, 6.45) is 0.248. The molecule has 1 aromatic carbocycles. The monoisotopic (exact) mass is 292 g/mol. The number of carbonyl (C=O) groups is 1. The topological polar surface area (TPSA) is 64.3 Å². The van der Waals surface area contributed by atoms with E-state index in [9.17, 15) is 4.79 Å². The number of benzene rings is 1. The highest BCUT2D eigenvalue weighted by Gasteiger charge is 2.17. The molecular weight excluding hydrogens is 264 g/mol. The largest absolute Gasteiger partial charge is 0.481 e. The van der Waals surface area contributed by atoms with Crippen LogP contribution < -0.4 is 15.8 Å². The van der Waals surface area contributed by atoms with Crippen LogP contribution in [0.25, 0.3) is 0 Å². The van der Waals surface area contributed by atoms with Crippen molar-refractivity contribution >= 4 is 5.91 Å². The van der Waals surface area contributed by atoms with Gasteiger partial charge in [-0.25, -0.2) is 0 Å². The van der Waals surface area contributed by atoms with E-state index < -0.39 is 6.10 Å². The normalized spacial score (nSPS) is 13.9. The molecule has 1 rings (SSSR count). The van der Waals surface area contributed by atoms with Crippen LogP contribution in [-0.4, -0.2) is 24.6 Å². The van der Waals surface area contributed by atoms with E-state index in [0.29, 0.717) is 12.5 Å². The SMILES string of the molecule is Cc1ccc(C(C)C)c(OC(C)C(=O)NCCC(C)N)c1. The van der Waals surface area contributed by atoms with Gasteiger partial charge in [-0.2, -0.15) is 0 Å². The Balaban J connectivity index is 2.67. The molecule has 0 bridgehead atoms. The number of ether oxygens (including phenoxy) is 1. The van der Waals surface area contributed by atoms with Gasteiger partial charge in [0.05, 0.1) is 0 Å². The van der Waals surface area contributed by atoms with E-state index in [0.717, 1.165) is 23.3 Å². The quantitative estimate of drug-likeness (QED) is 0.812. The van der Waals surface area contributed by atoms with Crippen molar-refractivity contribution < 1.29 is 9.53 Å². The Hall–Kier alpha value is -1.55. The number of hydrogen-bond acceptors (Lipinski definition) is 3. The molecule has 118 valence electrons. The summed E-state index contributed by atoms with van der Waals surface area (Å²) < 4.78 is 5.86. The van der Waals surface area contributed by atoms with Gasteiger partial charge in [0.15, 0.2) is 6.10 Å². The van der Waals surface area contributed by atoms with Gasteiger partial charge < -0.3 is 15.8 Å². The third-order valence-corrected chi connectivity index (χ3v) is 3.36. The van der Waals surface area contributed by atoms with Crippen LogP contribution in [0.4, 0.5) is 0 Å². The van der Waals surface area contributed by atoms with Crippen molar-refractivity contribution in [3.8, 4) is 5.75 Å². The average molecular weight is 292 g/mol. The molecule has 4 nitrogen and oxygen atoms in total. The zero-order valence-electron chi connectivity index (χ0n) is 13.8. The van der Waals surface area contributed by atoms with E-state index in [1.54, 1.807) is 6.92 Å². The molecule has 1 aromatic rings. The van der Waals surface area contributed by atoms with E-state index in [4.69, 9.17) is 10.5 Å². The Morgan fingerprint density at radius 3 is 2.52 bits per heavy atom. The van der Waals surface area contributed by atoms with Crippen molar-refractivity contribution in [3.05, 3.63) is 29.3 Å². The van der Waals surface area contributed by atoms with Crippen LogP contribution >= 0.6 is 0 Å². The molecule has 0 saturated carbocycles. The zero-order chi connectivity index (χ0) is 16.0. The van der Waals surface area contributed by atoms with Gasteiger partial charge in [0.1, 0.15) is 5.75 Å². The maximum atomic E-state index is 12.0. The molecular formula is C17H28N2O2. The maximum absolute atomic E-state index is 12.0. The first-order chi connectivity index (χ1) is 9.81. The third-order valence-electron chi connectivity index (χ3n) is 3.36. The molecule has 0 aliphatic rings. The molecule has 0 fully saturated rings. The van der Waals surface area contributed by atoms with Gasteiger partial charge in [0.2, 0.25) is 0 Å². The van der Waals surface area contributed by atoms with Crippen LogP contribution in [0.5, 0.6) is 5.75 Å². The molecule has 0 heterocycles. The zero-order valence-corrected chi connectivity index (χ0v) is 13.8. The summed E-state index contributed by atoms with van der Waals surface area (Å²) in [6.45, 7) is 10.5. The van der Waals surface area contributed by atoms with E-state index in [-0.39, 0.29) is 11.9 Å². The number of nitrogens with one attached hydrogen (secondary N) is 1. The fraction of sp³-hybridized carbons (Fsp3) is 0.588. The van der Waals surface area contributed by atoms with Crippen molar-refractivity contribution in [1.82, 2.24) is 5.32 Å². The van der Waals surface area contributed by atoms with E-state index in [1.165, 1.54) is 0 Å². The summed E-state index contributed by atoms with van der Waals surface area (Å²) in [6, 6.07) is 6.21. The first-order valence-electron chi connectivity index (χ1n) is 7.61. The first-order valence-corrected chi connectivity index (χ1v) is 7.61. The number of aryl methyl sites for hydroxylation is 1. The Labute approximate surface area is 128 Å². The number of nitrogens with two attached hydrogens (primary N) is 1. The molecule has 21 heavy (non-hydrogen) atoms. The summed E-state index contributed by atoms with van der Waals surface area (Å²) in [5.74, 6) is 1.04. The fourth-order valence-electron chi connectivity index (χ4n) is 2.03. The third kappa shape index (κ3) is 5.76. The van der Waals surface area contributed by atoms with Crippen LogP contribution in [0.15, 0.2) is 18.2 Å². The Morgan fingerprint density at radius 1 is 1.29 bits per heavy atom. The van der Waals surface area contributed by atoms with Crippen LogP contribution in [0.1, 0.15) is 51.2 Å². The summed E-state index contributed by atoms with van der Waals surface area (Å²) in [5.41, 5.74) is 7.91. The lowest BCUT2D eigenvalue weighted by Gasteiger charge is -2.19. The van der Waals surface area contributed by atoms with E-state index in [2.05, 4.69) is 31.3 Å².